The van der Waals surface area contributed by atoms with Crippen molar-refractivity contribution in [2.75, 3.05) is 44.6 Å². The van der Waals surface area contributed by atoms with Crippen LogP contribution >= 0.6 is 78.3 Å². The Morgan fingerprint density at radius 1 is 0.708 bits per heavy atom. The number of alkyl halides is 5. The quantitative estimate of drug-likeness (QED) is 0.0468. The van der Waals surface area contributed by atoms with Crippen LogP contribution in [0, 0.1) is 0 Å². The maximum absolute atomic E-state index is 13.5. The third kappa shape index (κ3) is 16.1. The molecule has 0 aliphatic heterocycles. The first-order valence-electron chi connectivity index (χ1n) is 22.6. The zero-order valence-corrected chi connectivity index (χ0v) is 46.1. The molecule has 0 spiro atoms. The number of benzene rings is 4. The molecule has 384 valence electrons. The number of halogens is 9. The molecule has 6 aromatic rings. The molecule has 8 rings (SSSR count). The zero-order chi connectivity index (χ0) is 52.9. The van der Waals surface area contributed by atoms with Crippen molar-refractivity contribution in [3.8, 4) is 0 Å². The van der Waals surface area contributed by atoms with E-state index in [9.17, 15) is 27.6 Å². The molecule has 2 aliphatic carbocycles. The van der Waals surface area contributed by atoms with E-state index >= 15 is 0 Å². The molecule has 11 nitrogen and oxygen atoms in total. The fraction of sp³-hybridized carbons (Fsp3) is 0.308. The maximum atomic E-state index is 13.5. The molecule has 0 saturated heterocycles. The van der Waals surface area contributed by atoms with Gasteiger partial charge in [-0.3, -0.25) is 14.4 Å². The first kappa shape index (κ1) is 58.1. The van der Waals surface area contributed by atoms with Gasteiger partial charge in [0.25, 0.3) is 11.8 Å². The molecule has 0 saturated carbocycles. The fourth-order valence-electron chi connectivity index (χ4n) is 7.93. The predicted octanol–water partition coefficient (Wildman–Crippen LogP) is 13.4. The van der Waals surface area contributed by atoms with E-state index in [0.717, 1.165) is 94.2 Å². The van der Waals surface area contributed by atoms with Gasteiger partial charge in [-0.05, 0) is 140 Å². The van der Waals surface area contributed by atoms with E-state index in [1.807, 2.05) is 94.4 Å². The summed E-state index contributed by atoms with van der Waals surface area (Å²) in [4.78, 5) is 56.1. The summed E-state index contributed by atoms with van der Waals surface area (Å²) in [7, 11) is 0. The van der Waals surface area contributed by atoms with Gasteiger partial charge < -0.3 is 35.6 Å². The van der Waals surface area contributed by atoms with Crippen LogP contribution in [0.2, 0.25) is 10.0 Å². The summed E-state index contributed by atoms with van der Waals surface area (Å²) in [5.41, 5.74) is 10.7. The van der Waals surface area contributed by atoms with Crippen LogP contribution in [0.4, 0.5) is 18.0 Å². The average Bonchev–Trinajstić information content (AvgIpc) is 4.11. The summed E-state index contributed by atoms with van der Waals surface area (Å²) in [6, 6.07) is 27.6. The smallest absolute Gasteiger partial charge is 0.444 e. The number of likely N-dealkylation sites (N-methyl/N-ethyl adjacent to an activating group) is 2. The standard InChI is InChI=1S/C27H29BrClN3O3.C22H21BrClN3O.C2HF3O.CH2Cl2/c1-5-32(26(34)35-27(2,3)4)11-10-30-25(33)24-20-8-6-18(28)12-16(20)14-21(24)23-15-17-13-19(29)7-9-22(17)31-23;1-2-25-7-8-26-22(28)21-17-5-3-15(23)9-13(17)11-18(21)20-12-14-10-16(24)4-6-19(14)27-20;3-2(4,5)1-6;2-1-3/h6-9,12-13,15,31H,5,10-11,14H2,1-4H3,(H,30,33);3-6,9-10,12,25,27H,2,7-8,11H2,1H3,(H,26,28);1H;1H2. The monoisotopic (exact) mass is 1200 g/mol. The summed E-state index contributed by atoms with van der Waals surface area (Å²) in [6.07, 6.45) is -4.74. The molecular weight excluding hydrogens is 1150 g/mol. The number of aromatic nitrogens is 2. The van der Waals surface area contributed by atoms with E-state index in [1.54, 1.807) is 4.90 Å². The first-order valence-corrected chi connectivity index (χ1v) is 26.0. The summed E-state index contributed by atoms with van der Waals surface area (Å²) < 4.78 is 38.7. The van der Waals surface area contributed by atoms with Crippen molar-refractivity contribution >= 4 is 147 Å². The third-order valence-electron chi connectivity index (χ3n) is 11.0. The number of ether oxygens (including phenoxy) is 1. The van der Waals surface area contributed by atoms with Crippen LogP contribution in [0.1, 0.15) is 68.3 Å². The summed E-state index contributed by atoms with van der Waals surface area (Å²) >= 11 is 28.9. The van der Waals surface area contributed by atoms with Crippen molar-refractivity contribution < 1.29 is 37.1 Å². The number of hydrogen-bond acceptors (Lipinski definition) is 6. The topological polar surface area (TPSA) is 148 Å². The second-order valence-electron chi connectivity index (χ2n) is 17.2. The zero-order valence-electron chi connectivity index (χ0n) is 39.9. The molecule has 5 N–H and O–H groups in total. The van der Waals surface area contributed by atoms with Gasteiger partial charge in [0.2, 0.25) is 6.29 Å². The number of aldehydes is 1. The number of fused-ring (bicyclic) bond motifs is 4. The van der Waals surface area contributed by atoms with Crippen LogP contribution in [-0.2, 0) is 32.0 Å². The number of nitrogens with zero attached hydrogens (tertiary/aromatic N) is 1. The number of nitrogens with one attached hydrogen (secondary N) is 5. The number of allylic oxidation sites excluding steroid dienone is 2. The van der Waals surface area contributed by atoms with E-state index in [4.69, 9.17) is 55.9 Å². The summed E-state index contributed by atoms with van der Waals surface area (Å²) in [5.74, 6) is -0.205. The van der Waals surface area contributed by atoms with E-state index < -0.39 is 18.1 Å². The number of amides is 3. The lowest BCUT2D eigenvalue weighted by atomic mass is 10.0. The van der Waals surface area contributed by atoms with Gasteiger partial charge in [0.1, 0.15) is 5.60 Å². The van der Waals surface area contributed by atoms with Crippen molar-refractivity contribution in [3.05, 3.63) is 138 Å². The number of H-pyrrole nitrogens is 2. The van der Waals surface area contributed by atoms with Crippen molar-refractivity contribution in [2.45, 2.75) is 59.2 Å². The van der Waals surface area contributed by atoms with Gasteiger partial charge in [0.05, 0.1) is 16.5 Å². The van der Waals surface area contributed by atoms with Crippen LogP contribution in [0.15, 0.2) is 93.9 Å². The molecule has 0 bridgehead atoms. The molecule has 0 fully saturated rings. The third-order valence-corrected chi connectivity index (χ3v) is 12.4. The highest BCUT2D eigenvalue weighted by molar-refractivity contribution is 9.10. The molecule has 20 heteroatoms. The lowest BCUT2D eigenvalue weighted by molar-refractivity contribution is -0.156. The maximum Gasteiger partial charge on any atom is 0.446 e. The Hall–Kier alpha value is -4.81. The van der Waals surface area contributed by atoms with Crippen molar-refractivity contribution in [1.82, 2.24) is 30.8 Å². The number of aromatic amines is 2. The molecule has 2 heterocycles. The molecule has 0 atom stereocenters. The SMILES string of the molecule is CCN(CCNC(=O)C1=C(c2cc3cc(Cl)ccc3[nH]2)Cc2cc(Br)ccc21)C(=O)OC(C)(C)C.CCNCCNC(=O)C1=C(c2cc3cc(Cl)ccc3[nH]2)Cc2cc(Br)ccc21.ClCCl.O=CC(F)(F)F. The van der Waals surface area contributed by atoms with Gasteiger partial charge in [-0.25, -0.2) is 4.79 Å². The second kappa shape index (κ2) is 26.4. The Morgan fingerprint density at radius 2 is 1.15 bits per heavy atom. The molecule has 4 aromatic carbocycles. The Labute approximate surface area is 452 Å². The van der Waals surface area contributed by atoms with Crippen LogP contribution in [0.5, 0.6) is 0 Å². The Balaban J connectivity index is 0.000000233. The van der Waals surface area contributed by atoms with E-state index in [-0.39, 0.29) is 23.2 Å². The summed E-state index contributed by atoms with van der Waals surface area (Å²) in [5, 5.41) is 12.9. The minimum atomic E-state index is -4.64. The van der Waals surface area contributed by atoms with Crippen molar-refractivity contribution in [2.24, 2.45) is 0 Å². The van der Waals surface area contributed by atoms with Crippen LogP contribution in [-0.4, -0.2) is 95.4 Å². The lowest BCUT2D eigenvalue weighted by Crippen LogP contribution is -2.41. The first-order chi connectivity index (χ1) is 34.1. The molecule has 0 radical (unpaired) electrons. The highest BCUT2D eigenvalue weighted by Crippen LogP contribution is 2.42. The van der Waals surface area contributed by atoms with E-state index in [0.29, 0.717) is 54.6 Å². The van der Waals surface area contributed by atoms with E-state index in [1.165, 1.54) is 0 Å². The fourth-order valence-corrected chi connectivity index (χ4v) is 9.10. The lowest BCUT2D eigenvalue weighted by Gasteiger charge is -2.26. The van der Waals surface area contributed by atoms with Crippen molar-refractivity contribution in [3.63, 3.8) is 0 Å². The van der Waals surface area contributed by atoms with Crippen LogP contribution in [0.25, 0.3) is 44.1 Å². The Kier molecular flexibility index (Phi) is 21.3. The van der Waals surface area contributed by atoms with E-state index in [2.05, 4.69) is 82.9 Å². The minimum absolute atomic E-state index is 0.0364. The molecule has 72 heavy (non-hydrogen) atoms. The van der Waals surface area contributed by atoms with Gasteiger partial charge in [-0.15, -0.1) is 23.2 Å². The van der Waals surface area contributed by atoms with Gasteiger partial charge in [0, 0.05) is 97.7 Å². The van der Waals surface area contributed by atoms with Gasteiger partial charge in [0.15, 0.2) is 0 Å². The summed E-state index contributed by atoms with van der Waals surface area (Å²) in [6.45, 7) is 12.9. The Morgan fingerprint density at radius 3 is 1.56 bits per heavy atom. The number of hydrogen-bond donors (Lipinski definition) is 5. The number of rotatable bonds is 12. The number of carbonyl (C=O) groups excluding carboxylic acids is 4. The second-order valence-corrected chi connectivity index (χ2v) is 20.7. The predicted molar refractivity (Wildman–Crippen MR) is 293 cm³/mol. The van der Waals surface area contributed by atoms with Gasteiger partial charge in [-0.1, -0.05) is 74.1 Å². The molecule has 2 aliphatic rings. The Bertz CT molecular complexity index is 2990. The number of carbonyl (C=O) groups is 4. The largest absolute Gasteiger partial charge is 0.446 e. The normalized spacial score (nSPS) is 12.8. The van der Waals surface area contributed by atoms with Gasteiger partial charge in [-0.2, -0.15) is 13.2 Å². The molecule has 3 amide bonds. The van der Waals surface area contributed by atoms with Crippen LogP contribution in [0.3, 0.4) is 0 Å². The van der Waals surface area contributed by atoms with Gasteiger partial charge >= 0.3 is 12.3 Å². The highest BCUT2D eigenvalue weighted by atomic mass is 79.9. The van der Waals surface area contributed by atoms with Crippen molar-refractivity contribution in [1.29, 1.82) is 0 Å². The molecule has 2 aromatic heterocycles. The highest BCUT2D eigenvalue weighted by Gasteiger charge is 2.31. The minimum Gasteiger partial charge on any atom is -0.444 e. The van der Waals surface area contributed by atoms with Crippen LogP contribution < -0.4 is 16.0 Å². The molecular formula is C52H53Br2Cl4F3N6O5. The average molecular weight is 1200 g/mol. The molecule has 0 unspecified atom stereocenters.